The van der Waals surface area contributed by atoms with Crippen LogP contribution in [0.15, 0.2) is 84.9 Å². The van der Waals surface area contributed by atoms with Gasteiger partial charge in [0.2, 0.25) is 0 Å². The maximum absolute atomic E-state index is 12.4. The van der Waals surface area contributed by atoms with Crippen molar-refractivity contribution in [2.24, 2.45) is 0 Å². The molecule has 0 aliphatic carbocycles. The molecule has 0 radical (unpaired) electrons. The Bertz CT molecular complexity index is 999. The van der Waals surface area contributed by atoms with Crippen LogP contribution in [0.5, 0.6) is 5.75 Å². The van der Waals surface area contributed by atoms with E-state index in [1.165, 1.54) is 0 Å². The van der Waals surface area contributed by atoms with E-state index in [1.54, 1.807) is 7.11 Å². The predicted molar refractivity (Wildman–Crippen MR) is 111 cm³/mol. The Hall–Kier alpha value is -3.53. The monoisotopic (exact) mass is 371 g/mol. The molecule has 0 spiro atoms. The summed E-state index contributed by atoms with van der Waals surface area (Å²) < 4.78 is 5.42. The van der Waals surface area contributed by atoms with Crippen molar-refractivity contribution >= 4 is 17.7 Å². The van der Waals surface area contributed by atoms with E-state index < -0.39 is 12.0 Å². The fraction of sp³-hybridized carbons (Fsp3) is 0.125. The van der Waals surface area contributed by atoms with Gasteiger partial charge in [0.25, 0.3) is 0 Å². The summed E-state index contributed by atoms with van der Waals surface area (Å²) in [6, 6.07) is 24.0. The fourth-order valence-electron chi connectivity index (χ4n) is 3.73. The van der Waals surface area contributed by atoms with Gasteiger partial charge >= 0.3 is 5.97 Å². The van der Waals surface area contributed by atoms with Gasteiger partial charge in [-0.1, -0.05) is 72.8 Å². The highest BCUT2D eigenvalue weighted by Gasteiger charge is 2.35. The molecule has 28 heavy (non-hydrogen) atoms. The molecule has 140 valence electrons. The Morgan fingerprint density at radius 2 is 1.68 bits per heavy atom. The second kappa shape index (κ2) is 7.61. The van der Waals surface area contributed by atoms with E-state index >= 15 is 0 Å². The third-order valence-electron chi connectivity index (χ3n) is 5.04. The van der Waals surface area contributed by atoms with Crippen molar-refractivity contribution in [2.45, 2.75) is 12.1 Å². The molecule has 1 heterocycles. The molecule has 0 saturated carbocycles. The minimum absolute atomic E-state index is 0.206. The molecule has 3 aromatic rings. The maximum Gasteiger partial charge on any atom is 0.331 e. The minimum Gasteiger partial charge on any atom is -0.497 e. The average molecular weight is 371 g/mol. The zero-order valence-electron chi connectivity index (χ0n) is 15.5. The molecule has 1 aliphatic rings. The average Bonchev–Trinajstić information content (AvgIpc) is 2.75. The van der Waals surface area contributed by atoms with Gasteiger partial charge in [0.1, 0.15) is 5.75 Å². The van der Waals surface area contributed by atoms with Crippen LogP contribution in [0.2, 0.25) is 0 Å². The molecule has 4 nitrogen and oxygen atoms in total. The number of fused-ring (bicyclic) bond motifs is 1. The summed E-state index contributed by atoms with van der Waals surface area (Å²) in [5, 5.41) is 10.2. The zero-order valence-corrected chi connectivity index (χ0v) is 15.5. The van der Waals surface area contributed by atoms with Gasteiger partial charge in [-0.25, -0.2) is 4.79 Å². The Morgan fingerprint density at radius 1 is 1.00 bits per heavy atom. The maximum atomic E-state index is 12.4. The molecule has 1 aliphatic heterocycles. The highest BCUT2D eigenvalue weighted by Crippen LogP contribution is 2.43. The second-order valence-corrected chi connectivity index (χ2v) is 6.70. The Balaban J connectivity index is 1.92. The van der Waals surface area contributed by atoms with Crippen LogP contribution in [-0.4, -0.2) is 18.2 Å². The normalized spacial score (nSPS) is 16.3. The lowest BCUT2D eigenvalue weighted by Crippen LogP contribution is -2.38. The highest BCUT2D eigenvalue weighted by molar-refractivity contribution is 5.85. The van der Waals surface area contributed by atoms with Gasteiger partial charge < -0.3 is 14.7 Å². The summed E-state index contributed by atoms with van der Waals surface area (Å²) in [5.74, 6) is -0.195. The van der Waals surface area contributed by atoms with Gasteiger partial charge in [-0.05, 0) is 28.8 Å². The third-order valence-corrected chi connectivity index (χ3v) is 5.04. The SMILES string of the molecule is COc1ccc2c(c1)N([C@H](C(=O)O)c1ccccc1)[C@@H](c1ccccc1)C=C2. The predicted octanol–water partition coefficient (Wildman–Crippen LogP) is 5.10. The van der Waals surface area contributed by atoms with Crippen LogP contribution in [-0.2, 0) is 4.79 Å². The summed E-state index contributed by atoms with van der Waals surface area (Å²) in [6.07, 6.45) is 4.11. The van der Waals surface area contributed by atoms with Crippen molar-refractivity contribution < 1.29 is 14.6 Å². The van der Waals surface area contributed by atoms with E-state index in [-0.39, 0.29) is 6.04 Å². The summed E-state index contributed by atoms with van der Waals surface area (Å²) >= 11 is 0. The molecule has 4 rings (SSSR count). The van der Waals surface area contributed by atoms with E-state index in [0.29, 0.717) is 5.75 Å². The van der Waals surface area contributed by atoms with E-state index in [4.69, 9.17) is 4.74 Å². The first-order valence-electron chi connectivity index (χ1n) is 9.16. The summed E-state index contributed by atoms with van der Waals surface area (Å²) in [5.41, 5.74) is 3.58. The first-order chi connectivity index (χ1) is 13.7. The van der Waals surface area contributed by atoms with E-state index in [0.717, 1.165) is 22.4 Å². The summed E-state index contributed by atoms with van der Waals surface area (Å²) in [6.45, 7) is 0. The van der Waals surface area contributed by atoms with Crippen LogP contribution < -0.4 is 9.64 Å². The number of methoxy groups -OCH3 is 1. The highest BCUT2D eigenvalue weighted by atomic mass is 16.5. The first kappa shape index (κ1) is 17.9. The number of hydrogen-bond acceptors (Lipinski definition) is 3. The van der Waals surface area contributed by atoms with Crippen LogP contribution >= 0.6 is 0 Å². The van der Waals surface area contributed by atoms with Crippen LogP contribution in [0.1, 0.15) is 28.8 Å². The second-order valence-electron chi connectivity index (χ2n) is 6.70. The number of carboxylic acid groups (broad SMARTS) is 1. The molecule has 0 unspecified atom stereocenters. The van der Waals surface area contributed by atoms with E-state index in [9.17, 15) is 9.90 Å². The number of carboxylic acids is 1. The summed E-state index contributed by atoms with van der Waals surface area (Å²) in [7, 11) is 1.62. The van der Waals surface area contributed by atoms with Crippen molar-refractivity contribution in [2.75, 3.05) is 12.0 Å². The van der Waals surface area contributed by atoms with Gasteiger partial charge in [0.15, 0.2) is 6.04 Å². The third kappa shape index (κ3) is 3.25. The number of carbonyl (C=O) groups is 1. The number of hydrogen-bond donors (Lipinski definition) is 1. The molecule has 0 amide bonds. The molecule has 4 heteroatoms. The Labute approximate surface area is 164 Å². The number of ether oxygens (including phenoxy) is 1. The van der Waals surface area contributed by atoms with Crippen LogP contribution in [0, 0.1) is 0 Å². The topological polar surface area (TPSA) is 49.8 Å². The smallest absolute Gasteiger partial charge is 0.331 e. The standard InChI is InChI=1S/C24H21NO3/c1-28-20-14-12-18-13-15-21(17-8-4-2-5-9-17)25(22(18)16-20)23(24(26)27)19-10-6-3-7-11-19/h2-16,21,23H,1H3,(H,26,27)/t21-,23+/m1/s1. The van der Waals surface area contributed by atoms with Gasteiger partial charge in [-0.2, -0.15) is 0 Å². The molecule has 0 saturated heterocycles. The van der Waals surface area contributed by atoms with Crippen molar-refractivity contribution in [3.8, 4) is 5.75 Å². The minimum atomic E-state index is -0.892. The molecular weight excluding hydrogens is 350 g/mol. The van der Waals surface area contributed by atoms with E-state index in [2.05, 4.69) is 6.08 Å². The Morgan fingerprint density at radius 3 is 2.32 bits per heavy atom. The first-order valence-corrected chi connectivity index (χ1v) is 9.16. The quantitative estimate of drug-likeness (QED) is 0.678. The van der Waals surface area contributed by atoms with Gasteiger partial charge in [-0.3, -0.25) is 0 Å². The molecule has 0 aromatic heterocycles. The van der Waals surface area contributed by atoms with Gasteiger partial charge in [0.05, 0.1) is 13.2 Å². The number of benzene rings is 3. The largest absolute Gasteiger partial charge is 0.497 e. The summed E-state index contributed by atoms with van der Waals surface area (Å²) in [4.78, 5) is 14.4. The lowest BCUT2D eigenvalue weighted by Gasteiger charge is -2.40. The molecule has 3 aromatic carbocycles. The lowest BCUT2D eigenvalue weighted by molar-refractivity contribution is -0.138. The number of nitrogens with zero attached hydrogens (tertiary/aromatic N) is 1. The zero-order chi connectivity index (χ0) is 19.5. The van der Waals surface area contributed by atoms with Crippen molar-refractivity contribution in [1.82, 2.24) is 0 Å². The molecule has 2 atom stereocenters. The van der Waals surface area contributed by atoms with E-state index in [1.807, 2.05) is 89.8 Å². The van der Waals surface area contributed by atoms with Gasteiger partial charge in [0, 0.05) is 11.8 Å². The molecular formula is C24H21NO3. The van der Waals surface area contributed by atoms with Crippen molar-refractivity contribution in [3.05, 3.63) is 102 Å². The van der Waals surface area contributed by atoms with Crippen molar-refractivity contribution in [3.63, 3.8) is 0 Å². The lowest BCUT2D eigenvalue weighted by atomic mass is 9.93. The molecule has 0 fully saturated rings. The van der Waals surface area contributed by atoms with Crippen LogP contribution in [0.3, 0.4) is 0 Å². The van der Waals surface area contributed by atoms with Crippen molar-refractivity contribution in [1.29, 1.82) is 0 Å². The van der Waals surface area contributed by atoms with Crippen LogP contribution in [0.4, 0.5) is 5.69 Å². The van der Waals surface area contributed by atoms with Crippen LogP contribution in [0.25, 0.3) is 6.08 Å². The number of anilines is 1. The Kier molecular flexibility index (Phi) is 4.85. The molecule has 0 bridgehead atoms. The number of rotatable bonds is 5. The fourth-order valence-corrected chi connectivity index (χ4v) is 3.73. The van der Waals surface area contributed by atoms with Gasteiger partial charge in [-0.15, -0.1) is 0 Å². The molecule has 1 N–H and O–H groups in total. The number of aliphatic carboxylic acids is 1.